The fraction of sp³-hybridized carbons (Fsp3) is 0.333. The van der Waals surface area contributed by atoms with Crippen molar-refractivity contribution in [2.24, 2.45) is 0 Å². The van der Waals surface area contributed by atoms with Gasteiger partial charge in [0.2, 0.25) is 5.91 Å². The maximum Gasteiger partial charge on any atom is 0.416 e. The van der Waals surface area contributed by atoms with E-state index in [0.717, 1.165) is 17.7 Å². The highest BCUT2D eigenvalue weighted by Crippen LogP contribution is 2.34. The van der Waals surface area contributed by atoms with Crippen LogP contribution < -0.4 is 10.2 Å². The monoisotopic (exact) mass is 440 g/mol. The molecule has 2 N–H and O–H groups in total. The Hall–Kier alpha value is -2.74. The highest BCUT2D eigenvalue weighted by Gasteiger charge is 2.32. The van der Waals surface area contributed by atoms with E-state index in [9.17, 15) is 22.8 Å². The van der Waals surface area contributed by atoms with Crippen LogP contribution in [0.2, 0.25) is 5.02 Å². The number of aryl methyl sites for hydroxylation is 1. The predicted octanol–water partition coefficient (Wildman–Crippen LogP) is 4.98. The lowest BCUT2D eigenvalue weighted by atomic mass is 10.0. The zero-order valence-electron chi connectivity index (χ0n) is 15.9. The van der Waals surface area contributed by atoms with E-state index in [0.29, 0.717) is 31.5 Å². The third kappa shape index (κ3) is 5.24. The number of benzene rings is 2. The predicted molar refractivity (Wildman–Crippen MR) is 108 cm³/mol. The molecule has 1 saturated heterocycles. The topological polar surface area (TPSA) is 69.6 Å². The van der Waals surface area contributed by atoms with Gasteiger partial charge in [0.25, 0.3) is 0 Å². The van der Waals surface area contributed by atoms with Crippen LogP contribution in [0.5, 0.6) is 0 Å². The van der Waals surface area contributed by atoms with E-state index in [1.165, 1.54) is 6.07 Å². The van der Waals surface area contributed by atoms with Crippen molar-refractivity contribution in [3.63, 3.8) is 0 Å². The van der Waals surface area contributed by atoms with Crippen LogP contribution in [0.15, 0.2) is 42.5 Å². The van der Waals surface area contributed by atoms with Crippen molar-refractivity contribution in [3.8, 4) is 0 Å². The Morgan fingerprint density at radius 3 is 2.50 bits per heavy atom. The average molecular weight is 441 g/mol. The van der Waals surface area contributed by atoms with Gasteiger partial charge < -0.3 is 15.3 Å². The molecule has 1 fully saturated rings. The van der Waals surface area contributed by atoms with E-state index in [-0.39, 0.29) is 23.0 Å². The first kappa shape index (κ1) is 22.0. The maximum atomic E-state index is 12.9. The minimum atomic E-state index is -4.49. The van der Waals surface area contributed by atoms with Gasteiger partial charge in [-0.2, -0.15) is 13.2 Å². The molecule has 5 nitrogen and oxygen atoms in total. The fourth-order valence-electron chi connectivity index (χ4n) is 3.36. The van der Waals surface area contributed by atoms with Gasteiger partial charge in [0.15, 0.2) is 0 Å². The molecule has 2 aromatic rings. The van der Waals surface area contributed by atoms with Gasteiger partial charge in [0, 0.05) is 18.7 Å². The van der Waals surface area contributed by atoms with Crippen LogP contribution in [0.3, 0.4) is 0 Å². The summed E-state index contributed by atoms with van der Waals surface area (Å²) in [5.74, 6) is -1.07. The van der Waals surface area contributed by atoms with Crippen molar-refractivity contribution in [3.05, 3.63) is 58.6 Å². The number of hydrogen-bond donors (Lipinski definition) is 2. The van der Waals surface area contributed by atoms with Gasteiger partial charge in [-0.3, -0.25) is 9.59 Å². The van der Waals surface area contributed by atoms with E-state index in [1.54, 1.807) is 29.2 Å². The van der Waals surface area contributed by atoms with Gasteiger partial charge in [-0.15, -0.1) is 0 Å². The van der Waals surface area contributed by atoms with Crippen LogP contribution >= 0.6 is 11.6 Å². The summed E-state index contributed by atoms with van der Waals surface area (Å²) in [6.45, 7) is 0.520. The summed E-state index contributed by atoms with van der Waals surface area (Å²) in [5.41, 5.74) is 0.965. The molecule has 9 heteroatoms. The van der Waals surface area contributed by atoms with E-state index in [2.05, 4.69) is 5.32 Å². The van der Waals surface area contributed by atoms with Crippen molar-refractivity contribution in [2.45, 2.75) is 37.9 Å². The summed E-state index contributed by atoms with van der Waals surface area (Å²) in [6, 6.07) is 9.49. The standard InChI is InChI=1S/C21H20ClF3N2O3/c22-16-12-14(21(23,24)25)6-9-17(16)26-18-2-1-11-27(20(18)30)15-7-3-13(4-8-15)5-10-19(28)29/h3-4,6-9,12,18,26H,1-2,5,10-11H2,(H,28,29)/t18-/m0/s1. The summed E-state index contributed by atoms with van der Waals surface area (Å²) in [6.07, 6.45) is -2.82. The largest absolute Gasteiger partial charge is 0.481 e. The molecule has 0 saturated carbocycles. The number of aliphatic carboxylic acids is 1. The van der Waals surface area contributed by atoms with Crippen molar-refractivity contribution in [1.29, 1.82) is 0 Å². The molecule has 1 heterocycles. The second kappa shape index (κ2) is 8.95. The minimum Gasteiger partial charge on any atom is -0.481 e. The van der Waals surface area contributed by atoms with E-state index in [1.807, 2.05) is 0 Å². The van der Waals surface area contributed by atoms with Gasteiger partial charge in [-0.1, -0.05) is 23.7 Å². The molecular formula is C21H20ClF3N2O3. The number of piperidine rings is 1. The lowest BCUT2D eigenvalue weighted by molar-refractivity contribution is -0.138. The Balaban J connectivity index is 1.70. The second-order valence-electron chi connectivity index (χ2n) is 7.08. The Labute approximate surface area is 176 Å². The molecule has 0 unspecified atom stereocenters. The highest BCUT2D eigenvalue weighted by atomic mass is 35.5. The fourth-order valence-corrected chi connectivity index (χ4v) is 3.59. The molecular weight excluding hydrogens is 421 g/mol. The molecule has 160 valence electrons. The van der Waals surface area contributed by atoms with E-state index < -0.39 is 23.8 Å². The normalized spacial score (nSPS) is 17.1. The molecule has 0 radical (unpaired) electrons. The van der Waals surface area contributed by atoms with Crippen LogP contribution in [0.25, 0.3) is 0 Å². The molecule has 30 heavy (non-hydrogen) atoms. The second-order valence-corrected chi connectivity index (χ2v) is 7.49. The maximum absolute atomic E-state index is 12.9. The Morgan fingerprint density at radius 2 is 1.90 bits per heavy atom. The van der Waals surface area contributed by atoms with Crippen molar-refractivity contribution >= 4 is 34.9 Å². The van der Waals surface area contributed by atoms with Crippen molar-refractivity contribution in [2.75, 3.05) is 16.8 Å². The molecule has 3 rings (SSSR count). The van der Waals surface area contributed by atoms with Gasteiger partial charge in [0.05, 0.1) is 16.3 Å². The summed E-state index contributed by atoms with van der Waals surface area (Å²) >= 11 is 6.00. The molecule has 2 aromatic carbocycles. The number of alkyl halides is 3. The van der Waals surface area contributed by atoms with E-state index in [4.69, 9.17) is 16.7 Å². The molecule has 0 bridgehead atoms. The molecule has 0 spiro atoms. The van der Waals surface area contributed by atoms with Crippen LogP contribution in [-0.2, 0) is 22.2 Å². The third-order valence-corrected chi connectivity index (χ3v) is 5.25. The highest BCUT2D eigenvalue weighted by molar-refractivity contribution is 6.33. The quantitative estimate of drug-likeness (QED) is 0.664. The number of carbonyl (C=O) groups is 2. The number of anilines is 2. The number of hydrogen-bond acceptors (Lipinski definition) is 3. The average Bonchev–Trinajstić information content (AvgIpc) is 2.69. The number of nitrogens with zero attached hydrogens (tertiary/aromatic N) is 1. The number of rotatable bonds is 6. The SMILES string of the molecule is O=C(O)CCc1ccc(N2CCC[C@H](Nc3ccc(C(F)(F)F)cc3Cl)C2=O)cc1. The molecule has 1 atom stereocenters. The lowest BCUT2D eigenvalue weighted by Gasteiger charge is -2.33. The van der Waals surface area contributed by atoms with Crippen molar-refractivity contribution in [1.82, 2.24) is 0 Å². The van der Waals surface area contributed by atoms with E-state index >= 15 is 0 Å². The zero-order valence-corrected chi connectivity index (χ0v) is 16.6. The first-order valence-electron chi connectivity index (χ1n) is 9.40. The Kier molecular flexibility index (Phi) is 6.55. The van der Waals surface area contributed by atoms with Crippen LogP contribution in [0, 0.1) is 0 Å². The van der Waals surface area contributed by atoms with Crippen LogP contribution in [-0.4, -0.2) is 29.6 Å². The van der Waals surface area contributed by atoms with Gasteiger partial charge in [-0.25, -0.2) is 0 Å². The lowest BCUT2D eigenvalue weighted by Crippen LogP contribution is -2.47. The van der Waals surface area contributed by atoms with Crippen LogP contribution in [0.4, 0.5) is 24.5 Å². The van der Waals surface area contributed by atoms with Crippen molar-refractivity contribution < 1.29 is 27.9 Å². The number of nitrogens with one attached hydrogen (secondary N) is 1. The Morgan fingerprint density at radius 1 is 1.20 bits per heavy atom. The smallest absolute Gasteiger partial charge is 0.416 e. The summed E-state index contributed by atoms with van der Waals surface area (Å²) in [4.78, 5) is 25.2. The molecule has 0 aliphatic carbocycles. The first-order valence-corrected chi connectivity index (χ1v) is 9.78. The molecule has 1 aliphatic rings. The van der Waals surface area contributed by atoms with Gasteiger partial charge in [-0.05, 0) is 55.2 Å². The van der Waals surface area contributed by atoms with Crippen LogP contribution in [0.1, 0.15) is 30.4 Å². The summed E-state index contributed by atoms with van der Waals surface area (Å²) in [5, 5.41) is 11.6. The third-order valence-electron chi connectivity index (χ3n) is 4.94. The number of carboxylic acid groups (broad SMARTS) is 1. The Bertz CT molecular complexity index is 932. The first-order chi connectivity index (χ1) is 14.1. The zero-order chi connectivity index (χ0) is 21.9. The molecule has 0 aromatic heterocycles. The molecule has 1 amide bonds. The number of carbonyl (C=O) groups excluding carboxylic acids is 1. The number of halogens is 4. The van der Waals surface area contributed by atoms with Gasteiger partial charge in [0.1, 0.15) is 6.04 Å². The number of carboxylic acids is 1. The summed E-state index contributed by atoms with van der Waals surface area (Å²) < 4.78 is 38.4. The number of amides is 1. The summed E-state index contributed by atoms with van der Waals surface area (Å²) in [7, 11) is 0. The minimum absolute atomic E-state index is 0.0296. The molecule has 1 aliphatic heterocycles. The van der Waals surface area contributed by atoms with Gasteiger partial charge >= 0.3 is 12.1 Å².